The Hall–Kier alpha value is -1.63. The molecule has 1 fully saturated rings. The first-order chi connectivity index (χ1) is 10.8. The number of nitrogens with one attached hydrogen (secondary N) is 1. The van der Waals surface area contributed by atoms with Crippen LogP contribution in [-0.2, 0) is 28.6 Å². The van der Waals surface area contributed by atoms with E-state index in [1.165, 1.54) is 13.8 Å². The van der Waals surface area contributed by atoms with Crippen LogP contribution in [0.2, 0.25) is 0 Å². The van der Waals surface area contributed by atoms with E-state index in [0.717, 1.165) is 6.42 Å². The summed E-state index contributed by atoms with van der Waals surface area (Å²) in [6.45, 7) is 8.55. The number of hydrogen-bond donors (Lipinski definition) is 1. The van der Waals surface area contributed by atoms with Gasteiger partial charge in [0.15, 0.2) is 0 Å². The molecule has 7 nitrogen and oxygen atoms in total. The van der Waals surface area contributed by atoms with Crippen molar-refractivity contribution in [3.63, 3.8) is 0 Å². The number of carbonyl (C=O) groups excluding carboxylic acids is 3. The molecule has 1 heterocycles. The van der Waals surface area contributed by atoms with Crippen LogP contribution in [0.3, 0.4) is 0 Å². The Morgan fingerprint density at radius 1 is 1.09 bits per heavy atom. The van der Waals surface area contributed by atoms with E-state index in [2.05, 4.69) is 5.32 Å². The van der Waals surface area contributed by atoms with Gasteiger partial charge < -0.3 is 19.5 Å². The molecule has 1 saturated heterocycles. The van der Waals surface area contributed by atoms with Gasteiger partial charge in [0.05, 0.1) is 12.1 Å². The van der Waals surface area contributed by atoms with Crippen LogP contribution < -0.4 is 5.32 Å². The molecule has 1 rings (SSSR count). The molecule has 7 heteroatoms. The van der Waals surface area contributed by atoms with Gasteiger partial charge in [0, 0.05) is 20.3 Å². The molecular weight excluding hydrogens is 302 g/mol. The van der Waals surface area contributed by atoms with E-state index in [1.54, 1.807) is 0 Å². The molecule has 0 saturated carbocycles. The first-order valence-corrected chi connectivity index (χ1v) is 8.01. The summed E-state index contributed by atoms with van der Waals surface area (Å²) in [5.41, 5.74) is 0. The average Bonchev–Trinajstić information content (AvgIpc) is 2.45. The number of amides is 1. The number of carbonyl (C=O) groups is 3. The Kier molecular flexibility index (Phi) is 7.48. The van der Waals surface area contributed by atoms with Gasteiger partial charge in [-0.15, -0.1) is 0 Å². The first kappa shape index (κ1) is 19.4. The molecule has 3 unspecified atom stereocenters. The highest BCUT2D eigenvalue weighted by Gasteiger charge is 2.44. The van der Waals surface area contributed by atoms with Crippen molar-refractivity contribution in [2.45, 2.75) is 65.9 Å². The predicted molar refractivity (Wildman–Crippen MR) is 82.2 cm³/mol. The Balaban J connectivity index is 2.84. The van der Waals surface area contributed by atoms with Gasteiger partial charge in [0.2, 0.25) is 12.2 Å². The lowest BCUT2D eigenvalue weighted by molar-refractivity contribution is -0.238. The van der Waals surface area contributed by atoms with Gasteiger partial charge in [-0.3, -0.25) is 14.4 Å². The van der Waals surface area contributed by atoms with E-state index in [4.69, 9.17) is 14.2 Å². The van der Waals surface area contributed by atoms with Gasteiger partial charge in [0.25, 0.3) is 0 Å². The largest absolute Gasteiger partial charge is 0.463 e. The maximum absolute atomic E-state index is 11.9. The minimum atomic E-state index is -0.889. The van der Waals surface area contributed by atoms with Crippen LogP contribution in [0.1, 0.15) is 47.5 Å². The molecule has 5 atom stereocenters. The van der Waals surface area contributed by atoms with E-state index in [9.17, 15) is 14.4 Å². The maximum atomic E-state index is 11.9. The molecule has 1 amide bonds. The number of esters is 2. The van der Waals surface area contributed by atoms with E-state index in [-0.39, 0.29) is 24.3 Å². The minimum Gasteiger partial charge on any atom is -0.463 e. The average molecular weight is 329 g/mol. The zero-order chi connectivity index (χ0) is 17.6. The van der Waals surface area contributed by atoms with Crippen molar-refractivity contribution in [1.82, 2.24) is 5.32 Å². The molecule has 0 aromatic heterocycles. The summed E-state index contributed by atoms with van der Waals surface area (Å²) < 4.78 is 16.0. The molecule has 1 aliphatic rings. The van der Waals surface area contributed by atoms with Gasteiger partial charge in [-0.1, -0.05) is 20.8 Å². The summed E-state index contributed by atoms with van der Waals surface area (Å²) in [6.07, 6.45) is -0.143. The molecule has 0 aliphatic carbocycles. The lowest BCUT2D eigenvalue weighted by Crippen LogP contribution is -2.59. The van der Waals surface area contributed by atoms with E-state index in [0.29, 0.717) is 6.42 Å². The standard InChI is InChI=1S/C16H27NO6/c1-6-7-14(20)17-15-10(3)9(2)13(8-21-11(4)18)23-16(15)22-12(5)19/h9-10,13,15-16H,6-8H2,1-5H3,(H,17,20)/t9-,10-,13?,15?,16?/m0/s1. The van der Waals surface area contributed by atoms with Gasteiger partial charge in [-0.2, -0.15) is 0 Å². The van der Waals surface area contributed by atoms with Gasteiger partial charge in [0.1, 0.15) is 6.61 Å². The van der Waals surface area contributed by atoms with Crippen LogP contribution in [-0.4, -0.2) is 42.9 Å². The molecule has 1 aliphatic heterocycles. The zero-order valence-electron chi connectivity index (χ0n) is 14.5. The van der Waals surface area contributed by atoms with Crippen molar-refractivity contribution in [2.75, 3.05) is 6.61 Å². The van der Waals surface area contributed by atoms with Crippen LogP contribution >= 0.6 is 0 Å². The van der Waals surface area contributed by atoms with Crippen molar-refractivity contribution < 1.29 is 28.6 Å². The highest BCUT2D eigenvalue weighted by molar-refractivity contribution is 5.76. The lowest BCUT2D eigenvalue weighted by atomic mass is 9.82. The summed E-state index contributed by atoms with van der Waals surface area (Å²) in [7, 11) is 0. The van der Waals surface area contributed by atoms with Crippen molar-refractivity contribution in [3.05, 3.63) is 0 Å². The summed E-state index contributed by atoms with van der Waals surface area (Å²) in [4.78, 5) is 34.2. The summed E-state index contributed by atoms with van der Waals surface area (Å²) in [5, 5.41) is 2.89. The second kappa shape index (κ2) is 8.86. The highest BCUT2D eigenvalue weighted by Crippen LogP contribution is 2.31. The second-order valence-corrected chi connectivity index (χ2v) is 6.02. The fourth-order valence-corrected chi connectivity index (χ4v) is 2.63. The molecule has 0 aromatic rings. The fourth-order valence-electron chi connectivity index (χ4n) is 2.63. The van der Waals surface area contributed by atoms with E-state index in [1.807, 2.05) is 20.8 Å². The van der Waals surface area contributed by atoms with Crippen LogP contribution in [0.25, 0.3) is 0 Å². The molecule has 132 valence electrons. The normalized spacial score (nSPS) is 30.4. The molecule has 0 radical (unpaired) electrons. The fraction of sp³-hybridized carbons (Fsp3) is 0.812. The molecule has 0 spiro atoms. The van der Waals surface area contributed by atoms with Gasteiger partial charge >= 0.3 is 11.9 Å². The predicted octanol–water partition coefficient (Wildman–Crippen LogP) is 1.39. The molecule has 0 bridgehead atoms. The molecule has 1 N–H and O–H groups in total. The Morgan fingerprint density at radius 3 is 2.26 bits per heavy atom. The number of rotatable bonds is 6. The van der Waals surface area contributed by atoms with Crippen molar-refractivity contribution in [2.24, 2.45) is 11.8 Å². The smallest absolute Gasteiger partial charge is 0.305 e. The number of hydrogen-bond acceptors (Lipinski definition) is 6. The van der Waals surface area contributed by atoms with Crippen LogP contribution in [0, 0.1) is 11.8 Å². The third-order valence-electron chi connectivity index (χ3n) is 4.12. The van der Waals surface area contributed by atoms with Gasteiger partial charge in [-0.25, -0.2) is 0 Å². The Morgan fingerprint density at radius 2 is 1.74 bits per heavy atom. The highest BCUT2D eigenvalue weighted by atomic mass is 16.7. The second-order valence-electron chi connectivity index (χ2n) is 6.02. The SMILES string of the molecule is CCCC(=O)NC1C(OC(C)=O)OC(COC(C)=O)[C@@H](C)[C@@H]1C. The summed E-state index contributed by atoms with van der Waals surface area (Å²) >= 11 is 0. The molecule has 23 heavy (non-hydrogen) atoms. The summed E-state index contributed by atoms with van der Waals surface area (Å²) in [5.74, 6) is -0.966. The first-order valence-electron chi connectivity index (χ1n) is 8.01. The Labute approximate surface area is 137 Å². The van der Waals surface area contributed by atoms with E-state index >= 15 is 0 Å². The Bertz CT molecular complexity index is 438. The van der Waals surface area contributed by atoms with Crippen LogP contribution in [0.15, 0.2) is 0 Å². The monoisotopic (exact) mass is 329 g/mol. The molecule has 0 aromatic carbocycles. The van der Waals surface area contributed by atoms with Gasteiger partial charge in [-0.05, 0) is 18.3 Å². The third kappa shape index (κ3) is 5.82. The van der Waals surface area contributed by atoms with Crippen molar-refractivity contribution in [1.29, 1.82) is 0 Å². The van der Waals surface area contributed by atoms with Crippen LogP contribution in [0.4, 0.5) is 0 Å². The lowest BCUT2D eigenvalue weighted by Gasteiger charge is -2.43. The minimum absolute atomic E-state index is 0.00513. The third-order valence-corrected chi connectivity index (χ3v) is 4.12. The molecular formula is C16H27NO6. The number of ether oxygens (including phenoxy) is 3. The zero-order valence-corrected chi connectivity index (χ0v) is 14.5. The quantitative estimate of drug-likeness (QED) is 0.741. The van der Waals surface area contributed by atoms with Crippen molar-refractivity contribution >= 4 is 17.8 Å². The van der Waals surface area contributed by atoms with Crippen LogP contribution in [0.5, 0.6) is 0 Å². The topological polar surface area (TPSA) is 90.9 Å². The maximum Gasteiger partial charge on any atom is 0.305 e. The van der Waals surface area contributed by atoms with Crippen molar-refractivity contribution in [3.8, 4) is 0 Å². The summed E-state index contributed by atoms with van der Waals surface area (Å²) in [6, 6.07) is -0.429. The van der Waals surface area contributed by atoms with E-state index < -0.39 is 30.4 Å².